The summed E-state index contributed by atoms with van der Waals surface area (Å²) in [7, 11) is 3.14. The molecule has 0 unspecified atom stereocenters. The number of nitriles is 1. The van der Waals surface area contributed by atoms with Crippen molar-refractivity contribution >= 4 is 17.8 Å². The first kappa shape index (κ1) is 22.9. The lowest BCUT2D eigenvalue weighted by molar-refractivity contribution is -0.154. The van der Waals surface area contributed by atoms with Gasteiger partial charge in [-0.2, -0.15) is 5.26 Å². The standard InChI is InChI=1S/C26H24N2O6/c1-31-19-10-6-16(7-11-19)23-21(14-27)25(28-22(29)15-33-26(30)18-4-3-5-18)34-24(23)17-8-12-20(32-2)13-9-17/h6-13,18H,3-5,15H2,1-2H3,(H,28,29). The Morgan fingerprint density at radius 3 is 2.09 bits per heavy atom. The largest absolute Gasteiger partial charge is 0.497 e. The lowest BCUT2D eigenvalue weighted by Gasteiger charge is -2.22. The summed E-state index contributed by atoms with van der Waals surface area (Å²) in [6.07, 6.45) is 2.56. The van der Waals surface area contributed by atoms with E-state index in [4.69, 9.17) is 18.6 Å². The van der Waals surface area contributed by atoms with Crippen molar-refractivity contribution in [3.05, 3.63) is 54.1 Å². The average molecular weight is 460 g/mol. The molecule has 8 nitrogen and oxygen atoms in total. The number of esters is 1. The van der Waals surface area contributed by atoms with E-state index in [-0.39, 0.29) is 23.3 Å². The van der Waals surface area contributed by atoms with Crippen molar-refractivity contribution in [1.29, 1.82) is 5.26 Å². The van der Waals surface area contributed by atoms with Crippen LogP contribution in [0, 0.1) is 17.2 Å². The van der Waals surface area contributed by atoms with Crippen LogP contribution in [0.5, 0.6) is 11.5 Å². The molecule has 1 aliphatic carbocycles. The number of amides is 1. The van der Waals surface area contributed by atoms with Crippen LogP contribution in [0.15, 0.2) is 52.9 Å². The average Bonchev–Trinajstić information content (AvgIpc) is 3.19. The van der Waals surface area contributed by atoms with Crippen molar-refractivity contribution in [3.63, 3.8) is 0 Å². The Morgan fingerprint density at radius 1 is 1.00 bits per heavy atom. The van der Waals surface area contributed by atoms with E-state index < -0.39 is 12.5 Å². The number of nitrogens with zero attached hydrogens (tertiary/aromatic N) is 1. The van der Waals surface area contributed by atoms with Crippen molar-refractivity contribution in [2.24, 2.45) is 5.92 Å². The minimum Gasteiger partial charge on any atom is -0.497 e. The molecule has 1 fully saturated rings. The van der Waals surface area contributed by atoms with Crippen molar-refractivity contribution in [1.82, 2.24) is 0 Å². The molecule has 0 aliphatic heterocycles. The first-order chi connectivity index (χ1) is 16.5. The normalized spacial score (nSPS) is 12.9. The van der Waals surface area contributed by atoms with Crippen LogP contribution in [-0.4, -0.2) is 32.7 Å². The van der Waals surface area contributed by atoms with Crippen molar-refractivity contribution in [2.45, 2.75) is 19.3 Å². The van der Waals surface area contributed by atoms with Gasteiger partial charge in [-0.05, 0) is 54.8 Å². The Kier molecular flexibility index (Phi) is 6.83. The van der Waals surface area contributed by atoms with Crippen LogP contribution >= 0.6 is 0 Å². The molecule has 34 heavy (non-hydrogen) atoms. The van der Waals surface area contributed by atoms with Gasteiger partial charge in [0.1, 0.15) is 28.9 Å². The zero-order valence-corrected chi connectivity index (χ0v) is 18.9. The molecule has 1 aromatic heterocycles. The lowest BCUT2D eigenvalue weighted by Crippen LogP contribution is -2.28. The summed E-state index contributed by atoms with van der Waals surface area (Å²) in [4.78, 5) is 24.4. The van der Waals surface area contributed by atoms with Gasteiger partial charge in [-0.15, -0.1) is 0 Å². The van der Waals surface area contributed by atoms with Crippen LogP contribution < -0.4 is 14.8 Å². The van der Waals surface area contributed by atoms with Gasteiger partial charge in [0.2, 0.25) is 5.88 Å². The molecule has 4 rings (SSSR count). The monoisotopic (exact) mass is 460 g/mol. The number of methoxy groups -OCH3 is 2. The summed E-state index contributed by atoms with van der Waals surface area (Å²) in [5, 5.41) is 12.5. The van der Waals surface area contributed by atoms with E-state index in [2.05, 4.69) is 11.4 Å². The maximum atomic E-state index is 12.5. The molecule has 1 saturated carbocycles. The van der Waals surface area contributed by atoms with E-state index in [1.54, 1.807) is 50.6 Å². The minimum absolute atomic E-state index is 0.0103. The molecule has 1 aliphatic rings. The Hall–Kier alpha value is -4.25. The Balaban J connectivity index is 1.67. The van der Waals surface area contributed by atoms with Crippen LogP contribution in [0.1, 0.15) is 24.8 Å². The summed E-state index contributed by atoms with van der Waals surface area (Å²) >= 11 is 0. The highest BCUT2D eigenvalue weighted by Crippen LogP contribution is 2.42. The molecule has 0 bridgehead atoms. The second-order valence-electron chi connectivity index (χ2n) is 7.86. The number of carbonyl (C=O) groups is 2. The molecule has 1 amide bonds. The third-order valence-corrected chi connectivity index (χ3v) is 5.79. The van der Waals surface area contributed by atoms with Gasteiger partial charge in [-0.1, -0.05) is 18.6 Å². The number of furan rings is 1. The van der Waals surface area contributed by atoms with Gasteiger partial charge in [-0.3, -0.25) is 14.9 Å². The summed E-state index contributed by atoms with van der Waals surface area (Å²) < 4.78 is 21.6. The molecule has 0 atom stereocenters. The minimum atomic E-state index is -0.583. The predicted octanol–water partition coefficient (Wildman–Crippen LogP) is 4.78. The predicted molar refractivity (Wildman–Crippen MR) is 124 cm³/mol. The zero-order valence-electron chi connectivity index (χ0n) is 18.9. The Labute approximate surface area is 197 Å². The van der Waals surface area contributed by atoms with Gasteiger partial charge < -0.3 is 18.6 Å². The van der Waals surface area contributed by atoms with E-state index in [9.17, 15) is 14.9 Å². The number of ether oxygens (including phenoxy) is 3. The lowest BCUT2D eigenvalue weighted by atomic mass is 9.86. The summed E-state index contributed by atoms with van der Waals surface area (Å²) in [6.45, 7) is -0.448. The summed E-state index contributed by atoms with van der Waals surface area (Å²) in [5.74, 6) is 0.645. The van der Waals surface area contributed by atoms with Crippen LogP contribution in [0.25, 0.3) is 22.5 Å². The second kappa shape index (κ2) is 10.1. The first-order valence-electron chi connectivity index (χ1n) is 10.9. The number of rotatable bonds is 8. The molecule has 1 heterocycles. The second-order valence-corrected chi connectivity index (χ2v) is 7.86. The zero-order chi connectivity index (χ0) is 24.1. The highest BCUT2D eigenvalue weighted by Gasteiger charge is 2.28. The Morgan fingerprint density at radius 2 is 1.59 bits per heavy atom. The fourth-order valence-electron chi connectivity index (χ4n) is 3.67. The third-order valence-electron chi connectivity index (χ3n) is 5.79. The molecule has 0 spiro atoms. The van der Waals surface area contributed by atoms with Crippen molar-refractivity contribution in [3.8, 4) is 40.0 Å². The number of hydrogen-bond acceptors (Lipinski definition) is 7. The molecule has 3 aromatic rings. The molecular formula is C26H24N2O6. The smallest absolute Gasteiger partial charge is 0.309 e. The molecule has 0 saturated heterocycles. The van der Waals surface area contributed by atoms with Gasteiger partial charge in [0, 0.05) is 11.1 Å². The molecule has 0 radical (unpaired) electrons. The molecular weight excluding hydrogens is 436 g/mol. The number of carbonyl (C=O) groups excluding carboxylic acids is 2. The highest BCUT2D eigenvalue weighted by molar-refractivity contribution is 5.97. The van der Waals surface area contributed by atoms with Gasteiger partial charge in [0.05, 0.1) is 20.1 Å². The first-order valence-corrected chi connectivity index (χ1v) is 10.9. The Bertz CT molecular complexity index is 1220. The van der Waals surface area contributed by atoms with Crippen molar-refractivity contribution in [2.75, 3.05) is 26.1 Å². The van der Waals surface area contributed by atoms with Crippen molar-refractivity contribution < 1.29 is 28.2 Å². The van der Waals surface area contributed by atoms with E-state index >= 15 is 0 Å². The maximum Gasteiger partial charge on any atom is 0.309 e. The van der Waals surface area contributed by atoms with Crippen LogP contribution in [0.4, 0.5) is 5.88 Å². The van der Waals surface area contributed by atoms with E-state index in [1.165, 1.54) is 0 Å². The SMILES string of the molecule is COc1ccc(-c2oc(NC(=O)COC(=O)C3CCC3)c(C#N)c2-c2ccc(OC)cc2)cc1. The van der Waals surface area contributed by atoms with Gasteiger partial charge in [-0.25, -0.2) is 0 Å². The molecule has 8 heteroatoms. The summed E-state index contributed by atoms with van der Waals surface area (Å²) in [6, 6.07) is 16.5. The van der Waals surface area contributed by atoms with E-state index in [0.29, 0.717) is 33.9 Å². The molecule has 174 valence electrons. The summed E-state index contributed by atoms with van der Waals surface area (Å²) in [5.41, 5.74) is 2.09. The quantitative estimate of drug-likeness (QED) is 0.481. The molecule has 1 N–H and O–H groups in total. The third kappa shape index (κ3) is 4.74. The number of anilines is 1. The number of hydrogen-bond donors (Lipinski definition) is 1. The number of nitrogens with one attached hydrogen (secondary N) is 1. The highest BCUT2D eigenvalue weighted by atomic mass is 16.5. The van der Waals surface area contributed by atoms with Crippen LogP contribution in [0.3, 0.4) is 0 Å². The fourth-order valence-corrected chi connectivity index (χ4v) is 3.67. The van der Waals surface area contributed by atoms with E-state index in [0.717, 1.165) is 19.3 Å². The van der Waals surface area contributed by atoms with Crippen LogP contribution in [0.2, 0.25) is 0 Å². The van der Waals surface area contributed by atoms with Gasteiger partial charge >= 0.3 is 5.97 Å². The van der Waals surface area contributed by atoms with Crippen LogP contribution in [-0.2, 0) is 14.3 Å². The van der Waals surface area contributed by atoms with E-state index in [1.807, 2.05) is 12.1 Å². The molecule has 2 aromatic carbocycles. The fraction of sp³-hybridized carbons (Fsp3) is 0.269. The maximum absolute atomic E-state index is 12.5. The van der Waals surface area contributed by atoms with Gasteiger partial charge in [0.15, 0.2) is 6.61 Å². The van der Waals surface area contributed by atoms with Gasteiger partial charge in [0.25, 0.3) is 5.91 Å². The topological polar surface area (TPSA) is 111 Å². The number of benzene rings is 2.